The molecule has 2 fully saturated rings. The van der Waals surface area contributed by atoms with Gasteiger partial charge in [-0.05, 0) is 19.8 Å². The Morgan fingerprint density at radius 2 is 2.29 bits per heavy atom. The number of aromatic nitrogens is 3. The summed E-state index contributed by atoms with van der Waals surface area (Å²) in [6, 6.07) is 0. The van der Waals surface area contributed by atoms with Crippen molar-refractivity contribution in [2.24, 2.45) is 0 Å². The third-order valence-electron chi connectivity index (χ3n) is 3.85. The molecule has 0 bridgehead atoms. The summed E-state index contributed by atoms with van der Waals surface area (Å²) in [5, 5.41) is 7.19. The molecule has 1 saturated heterocycles. The minimum Gasteiger partial charge on any atom is -0.368 e. The Bertz CT molecular complexity index is 622. The fourth-order valence-electron chi connectivity index (χ4n) is 2.55. The highest BCUT2D eigenvalue weighted by Gasteiger charge is 2.30. The minimum atomic E-state index is 0.0586. The molecule has 3 heterocycles. The van der Waals surface area contributed by atoms with Crippen LogP contribution in [-0.4, -0.2) is 39.7 Å². The predicted octanol–water partition coefficient (Wildman–Crippen LogP) is 2.29. The van der Waals surface area contributed by atoms with Crippen LogP contribution in [-0.2, 0) is 11.3 Å². The van der Waals surface area contributed by atoms with Gasteiger partial charge in [-0.2, -0.15) is 4.98 Å². The molecule has 112 valence electrons. The van der Waals surface area contributed by atoms with E-state index in [0.29, 0.717) is 25.0 Å². The summed E-state index contributed by atoms with van der Waals surface area (Å²) in [5.74, 6) is 2.14. The predicted molar refractivity (Wildman–Crippen MR) is 77.1 cm³/mol. The van der Waals surface area contributed by atoms with Gasteiger partial charge in [0.25, 0.3) is 0 Å². The van der Waals surface area contributed by atoms with Crippen molar-refractivity contribution in [1.82, 2.24) is 20.0 Å². The second-order valence-corrected chi connectivity index (χ2v) is 6.63. The Labute approximate surface area is 127 Å². The highest BCUT2D eigenvalue weighted by molar-refractivity contribution is 7.09. The van der Waals surface area contributed by atoms with E-state index < -0.39 is 0 Å². The summed E-state index contributed by atoms with van der Waals surface area (Å²) in [6.45, 7) is 5.14. The molecular formula is C14H18N4O2S. The van der Waals surface area contributed by atoms with Gasteiger partial charge in [0.1, 0.15) is 11.1 Å². The summed E-state index contributed by atoms with van der Waals surface area (Å²) >= 11 is 1.67. The lowest BCUT2D eigenvalue weighted by Crippen LogP contribution is -2.37. The number of ether oxygens (including phenoxy) is 1. The first-order valence-corrected chi connectivity index (χ1v) is 8.24. The van der Waals surface area contributed by atoms with Crippen LogP contribution in [0.25, 0.3) is 0 Å². The molecule has 1 aliphatic heterocycles. The molecule has 1 atom stereocenters. The molecule has 4 rings (SSSR count). The second-order valence-electron chi connectivity index (χ2n) is 5.74. The van der Waals surface area contributed by atoms with Crippen LogP contribution in [0.15, 0.2) is 9.90 Å². The SMILES string of the molecule is Cc1csc([C@H]2CN(Cc3nc(C4CC4)no3)CCO2)n1. The molecule has 0 spiro atoms. The zero-order valence-corrected chi connectivity index (χ0v) is 12.8. The molecule has 2 aliphatic rings. The quantitative estimate of drug-likeness (QED) is 0.863. The van der Waals surface area contributed by atoms with Gasteiger partial charge in [0.15, 0.2) is 5.82 Å². The van der Waals surface area contributed by atoms with Gasteiger partial charge in [-0.25, -0.2) is 4.98 Å². The van der Waals surface area contributed by atoms with Crippen LogP contribution >= 0.6 is 11.3 Å². The lowest BCUT2D eigenvalue weighted by atomic mass is 10.3. The lowest BCUT2D eigenvalue weighted by Gasteiger charge is -2.30. The van der Waals surface area contributed by atoms with Gasteiger partial charge in [-0.15, -0.1) is 11.3 Å². The maximum absolute atomic E-state index is 5.84. The Hall–Kier alpha value is -1.31. The van der Waals surface area contributed by atoms with Crippen molar-refractivity contribution in [3.63, 3.8) is 0 Å². The zero-order valence-electron chi connectivity index (χ0n) is 12.0. The summed E-state index contributed by atoms with van der Waals surface area (Å²) < 4.78 is 11.2. The first-order valence-electron chi connectivity index (χ1n) is 7.36. The highest BCUT2D eigenvalue weighted by atomic mass is 32.1. The van der Waals surface area contributed by atoms with Gasteiger partial charge in [0, 0.05) is 30.1 Å². The number of aryl methyl sites for hydroxylation is 1. The first-order chi connectivity index (χ1) is 10.3. The molecule has 2 aromatic rings. The number of rotatable bonds is 4. The summed E-state index contributed by atoms with van der Waals surface area (Å²) in [6.07, 6.45) is 2.45. The average Bonchev–Trinajstić information content (AvgIpc) is 3.09. The molecule has 1 aliphatic carbocycles. The van der Waals surface area contributed by atoms with Crippen LogP contribution < -0.4 is 0 Å². The zero-order chi connectivity index (χ0) is 14.2. The van der Waals surface area contributed by atoms with Crippen LogP contribution in [0, 0.1) is 6.92 Å². The van der Waals surface area contributed by atoms with Gasteiger partial charge in [-0.3, -0.25) is 4.90 Å². The van der Waals surface area contributed by atoms with Crippen LogP contribution in [0.4, 0.5) is 0 Å². The van der Waals surface area contributed by atoms with Crippen molar-refractivity contribution in [3.8, 4) is 0 Å². The van der Waals surface area contributed by atoms with E-state index in [1.165, 1.54) is 12.8 Å². The Morgan fingerprint density at radius 1 is 1.38 bits per heavy atom. The monoisotopic (exact) mass is 306 g/mol. The van der Waals surface area contributed by atoms with E-state index >= 15 is 0 Å². The normalized spacial score (nSPS) is 23.6. The summed E-state index contributed by atoms with van der Waals surface area (Å²) in [5.41, 5.74) is 1.06. The second kappa shape index (κ2) is 5.47. The third kappa shape index (κ3) is 3.00. The summed E-state index contributed by atoms with van der Waals surface area (Å²) in [7, 11) is 0. The van der Waals surface area contributed by atoms with Gasteiger partial charge < -0.3 is 9.26 Å². The number of nitrogens with zero attached hydrogens (tertiary/aromatic N) is 4. The van der Waals surface area contributed by atoms with Crippen LogP contribution in [0.2, 0.25) is 0 Å². The van der Waals surface area contributed by atoms with E-state index in [-0.39, 0.29) is 6.10 Å². The standard InChI is InChI=1S/C14H18N4O2S/c1-9-8-21-14(15-9)11-6-18(4-5-19-11)7-12-16-13(17-20-12)10-2-3-10/h8,10-11H,2-7H2,1H3/t11-/m1/s1. The van der Waals surface area contributed by atoms with Crippen molar-refractivity contribution in [1.29, 1.82) is 0 Å². The maximum atomic E-state index is 5.84. The van der Waals surface area contributed by atoms with E-state index in [2.05, 4.69) is 25.4 Å². The third-order valence-corrected chi connectivity index (χ3v) is 4.90. The molecule has 0 aromatic carbocycles. The Morgan fingerprint density at radius 3 is 3.05 bits per heavy atom. The van der Waals surface area contributed by atoms with Gasteiger partial charge >= 0.3 is 0 Å². The van der Waals surface area contributed by atoms with E-state index in [4.69, 9.17) is 9.26 Å². The molecule has 6 nitrogen and oxygen atoms in total. The lowest BCUT2D eigenvalue weighted by molar-refractivity contribution is -0.0357. The van der Waals surface area contributed by atoms with E-state index in [1.807, 2.05) is 6.92 Å². The van der Waals surface area contributed by atoms with Crippen LogP contribution in [0.3, 0.4) is 0 Å². The molecule has 0 N–H and O–H groups in total. The fourth-order valence-corrected chi connectivity index (χ4v) is 3.38. The maximum Gasteiger partial charge on any atom is 0.240 e. The Balaban J connectivity index is 1.40. The van der Waals surface area contributed by atoms with Crippen molar-refractivity contribution >= 4 is 11.3 Å². The Kier molecular flexibility index (Phi) is 3.48. The minimum absolute atomic E-state index is 0.0586. The first kappa shape index (κ1) is 13.4. The summed E-state index contributed by atoms with van der Waals surface area (Å²) in [4.78, 5) is 11.3. The molecule has 1 saturated carbocycles. The van der Waals surface area contributed by atoms with E-state index in [9.17, 15) is 0 Å². The average molecular weight is 306 g/mol. The smallest absolute Gasteiger partial charge is 0.240 e. The van der Waals surface area contributed by atoms with Gasteiger partial charge in [0.05, 0.1) is 13.2 Å². The van der Waals surface area contributed by atoms with Crippen molar-refractivity contribution in [2.75, 3.05) is 19.7 Å². The number of morpholine rings is 1. The van der Waals surface area contributed by atoms with Crippen LogP contribution in [0.5, 0.6) is 0 Å². The van der Waals surface area contributed by atoms with Gasteiger partial charge in [0.2, 0.25) is 5.89 Å². The van der Waals surface area contributed by atoms with E-state index in [1.54, 1.807) is 11.3 Å². The molecular weight excluding hydrogens is 288 g/mol. The molecule has 21 heavy (non-hydrogen) atoms. The van der Waals surface area contributed by atoms with Crippen LogP contribution in [0.1, 0.15) is 47.3 Å². The largest absolute Gasteiger partial charge is 0.368 e. The number of hydrogen-bond donors (Lipinski definition) is 0. The molecule has 0 unspecified atom stereocenters. The van der Waals surface area contributed by atoms with Crippen molar-refractivity contribution in [2.45, 2.75) is 38.3 Å². The van der Waals surface area contributed by atoms with E-state index in [0.717, 1.165) is 29.6 Å². The molecule has 2 aromatic heterocycles. The van der Waals surface area contributed by atoms with Crippen molar-refractivity contribution in [3.05, 3.63) is 27.8 Å². The van der Waals surface area contributed by atoms with Gasteiger partial charge in [-0.1, -0.05) is 5.16 Å². The molecule has 0 radical (unpaired) electrons. The fraction of sp³-hybridized carbons (Fsp3) is 0.643. The number of hydrogen-bond acceptors (Lipinski definition) is 7. The topological polar surface area (TPSA) is 64.3 Å². The van der Waals surface area contributed by atoms with Crippen molar-refractivity contribution < 1.29 is 9.26 Å². The molecule has 0 amide bonds. The molecule has 7 heteroatoms. The number of thiazole rings is 1. The highest BCUT2D eigenvalue weighted by Crippen LogP contribution is 2.38.